The molecule has 190 valence electrons. The maximum absolute atomic E-state index is 12.8. The molecule has 2 aromatic carbocycles. The van der Waals surface area contributed by atoms with Crippen LogP contribution >= 0.6 is 22.9 Å². The zero-order valence-electron chi connectivity index (χ0n) is 19.3. The fourth-order valence-corrected chi connectivity index (χ4v) is 6.05. The van der Waals surface area contributed by atoms with Crippen molar-refractivity contribution in [1.82, 2.24) is 0 Å². The van der Waals surface area contributed by atoms with Crippen molar-refractivity contribution in [2.45, 2.75) is 17.2 Å². The molecule has 3 aromatic rings. The summed E-state index contributed by atoms with van der Waals surface area (Å²) in [6.07, 6.45) is -1.13. The summed E-state index contributed by atoms with van der Waals surface area (Å²) in [4.78, 5) is 27.6. The van der Waals surface area contributed by atoms with Crippen LogP contribution in [0.1, 0.15) is 17.3 Å². The van der Waals surface area contributed by atoms with Crippen molar-refractivity contribution in [3.63, 3.8) is 0 Å². The van der Waals surface area contributed by atoms with E-state index in [0.717, 1.165) is 30.1 Å². The number of benzene rings is 2. The molecule has 36 heavy (non-hydrogen) atoms. The van der Waals surface area contributed by atoms with Crippen LogP contribution in [0.2, 0.25) is 4.34 Å². The van der Waals surface area contributed by atoms with Crippen molar-refractivity contribution >= 4 is 61.9 Å². The summed E-state index contributed by atoms with van der Waals surface area (Å²) in [7, 11) is -3.96. The molecule has 12 heteroatoms. The number of halogens is 1. The van der Waals surface area contributed by atoms with E-state index in [1.807, 2.05) is 12.1 Å². The summed E-state index contributed by atoms with van der Waals surface area (Å²) in [5.74, 6) is -1.36. The second-order valence-electron chi connectivity index (χ2n) is 7.89. The van der Waals surface area contributed by atoms with Crippen molar-refractivity contribution in [3.05, 3.63) is 70.6 Å². The Bertz CT molecular complexity index is 1340. The molecule has 0 bridgehead atoms. The quantitative estimate of drug-likeness (QED) is 0.404. The van der Waals surface area contributed by atoms with Crippen LogP contribution in [0.25, 0.3) is 0 Å². The summed E-state index contributed by atoms with van der Waals surface area (Å²) in [5.41, 5.74) is 1.58. The zero-order chi connectivity index (χ0) is 25.7. The van der Waals surface area contributed by atoms with Crippen LogP contribution in [0.4, 0.5) is 17.1 Å². The topological polar surface area (TPSA) is 114 Å². The fraction of sp³-hybridized carbons (Fsp3) is 0.250. The Morgan fingerprint density at radius 1 is 1.06 bits per heavy atom. The second kappa shape index (κ2) is 11.3. The first-order valence-electron chi connectivity index (χ1n) is 11.0. The predicted octanol–water partition coefficient (Wildman–Crippen LogP) is 4.22. The van der Waals surface area contributed by atoms with E-state index in [9.17, 15) is 18.0 Å². The van der Waals surface area contributed by atoms with Gasteiger partial charge in [0.05, 0.1) is 28.8 Å². The highest BCUT2D eigenvalue weighted by molar-refractivity contribution is 7.94. The van der Waals surface area contributed by atoms with E-state index in [2.05, 4.69) is 14.9 Å². The van der Waals surface area contributed by atoms with Crippen LogP contribution in [0.15, 0.2) is 64.9 Å². The van der Waals surface area contributed by atoms with E-state index in [1.165, 1.54) is 31.2 Å². The van der Waals surface area contributed by atoms with Gasteiger partial charge < -0.3 is 19.7 Å². The van der Waals surface area contributed by atoms with Gasteiger partial charge in [-0.25, -0.2) is 13.2 Å². The van der Waals surface area contributed by atoms with E-state index in [-0.39, 0.29) is 15.5 Å². The Morgan fingerprint density at radius 3 is 2.42 bits per heavy atom. The molecule has 2 N–H and O–H groups in total. The molecular weight excluding hydrogens is 526 g/mol. The van der Waals surface area contributed by atoms with Gasteiger partial charge in [0.25, 0.3) is 15.9 Å². The van der Waals surface area contributed by atoms with Gasteiger partial charge in [-0.1, -0.05) is 23.7 Å². The monoisotopic (exact) mass is 549 g/mol. The van der Waals surface area contributed by atoms with Gasteiger partial charge in [-0.15, -0.1) is 11.3 Å². The lowest BCUT2D eigenvalue weighted by Crippen LogP contribution is -2.36. The molecule has 0 aliphatic carbocycles. The highest BCUT2D eigenvalue weighted by atomic mass is 35.5. The largest absolute Gasteiger partial charge is 0.449 e. The lowest BCUT2D eigenvalue weighted by molar-refractivity contribution is -0.123. The van der Waals surface area contributed by atoms with Gasteiger partial charge in [-0.3, -0.25) is 9.52 Å². The van der Waals surface area contributed by atoms with Crippen LogP contribution in [0.5, 0.6) is 0 Å². The molecule has 2 heterocycles. The average Bonchev–Trinajstić information content (AvgIpc) is 3.32. The zero-order valence-corrected chi connectivity index (χ0v) is 21.7. The number of nitrogens with one attached hydrogen (secondary N) is 2. The minimum Gasteiger partial charge on any atom is -0.449 e. The standard InChI is InChI=1S/C24H24ClN3O6S2/c1-16(23(29)26-17-6-8-18(9-7-17)28-12-14-33-15-13-28)34-24(30)19-4-2-3-5-20(19)27-36(31,32)22-11-10-21(25)35-22/h2-11,16,27H,12-15H2,1H3,(H,26,29)/t16-/m1/s1. The number of anilines is 3. The summed E-state index contributed by atoms with van der Waals surface area (Å²) in [6.45, 7) is 4.40. The molecule has 4 rings (SSSR count). The van der Waals surface area contributed by atoms with E-state index >= 15 is 0 Å². The van der Waals surface area contributed by atoms with Crippen molar-refractivity contribution in [3.8, 4) is 0 Å². The predicted molar refractivity (Wildman–Crippen MR) is 140 cm³/mol. The molecule has 1 aliphatic heterocycles. The van der Waals surface area contributed by atoms with Crippen molar-refractivity contribution in [1.29, 1.82) is 0 Å². The Hall–Kier alpha value is -3.12. The number of morpholine rings is 1. The van der Waals surface area contributed by atoms with Gasteiger partial charge in [0.15, 0.2) is 6.10 Å². The van der Waals surface area contributed by atoms with Crippen LogP contribution in [0, 0.1) is 0 Å². The van der Waals surface area contributed by atoms with Crippen molar-refractivity contribution in [2.75, 3.05) is 41.2 Å². The van der Waals surface area contributed by atoms with E-state index in [0.29, 0.717) is 23.2 Å². The third-order valence-electron chi connectivity index (χ3n) is 5.37. The Morgan fingerprint density at radius 2 is 1.75 bits per heavy atom. The summed E-state index contributed by atoms with van der Waals surface area (Å²) >= 11 is 6.74. The SMILES string of the molecule is C[C@@H](OC(=O)c1ccccc1NS(=O)(=O)c1ccc(Cl)s1)C(=O)Nc1ccc(N2CCOCC2)cc1. The maximum atomic E-state index is 12.8. The van der Waals surface area contributed by atoms with E-state index in [1.54, 1.807) is 24.3 Å². The molecular formula is C24H24ClN3O6S2. The van der Waals surface area contributed by atoms with E-state index < -0.39 is 28.0 Å². The van der Waals surface area contributed by atoms with Crippen molar-refractivity contribution < 1.29 is 27.5 Å². The summed E-state index contributed by atoms with van der Waals surface area (Å²) in [5, 5.41) is 2.72. The van der Waals surface area contributed by atoms with Crippen LogP contribution in [-0.4, -0.2) is 52.7 Å². The first-order chi connectivity index (χ1) is 17.2. The smallest absolute Gasteiger partial charge is 0.341 e. The van der Waals surface area contributed by atoms with Gasteiger partial charge in [-0.2, -0.15) is 0 Å². The number of hydrogen-bond acceptors (Lipinski definition) is 8. The minimum atomic E-state index is -3.96. The third-order valence-corrected chi connectivity index (χ3v) is 8.46. The first kappa shape index (κ1) is 26.0. The van der Waals surface area contributed by atoms with Gasteiger partial charge in [0, 0.05) is 24.5 Å². The van der Waals surface area contributed by atoms with Crippen LogP contribution in [0.3, 0.4) is 0 Å². The fourth-order valence-electron chi connectivity index (χ4n) is 3.49. The molecule has 1 atom stereocenters. The van der Waals surface area contributed by atoms with Gasteiger partial charge >= 0.3 is 5.97 Å². The number of amides is 1. The third kappa shape index (κ3) is 6.35. The Balaban J connectivity index is 1.38. The number of sulfonamides is 1. The number of para-hydroxylation sites is 1. The Kier molecular flexibility index (Phi) is 8.14. The number of carbonyl (C=O) groups excluding carboxylic acids is 2. The number of nitrogens with zero attached hydrogens (tertiary/aromatic N) is 1. The minimum absolute atomic E-state index is 0.00283. The number of rotatable bonds is 8. The van der Waals surface area contributed by atoms with Gasteiger partial charge in [-0.05, 0) is 55.5 Å². The molecule has 1 aliphatic rings. The number of thiophene rings is 1. The number of esters is 1. The normalized spacial score (nSPS) is 14.7. The number of hydrogen-bond donors (Lipinski definition) is 2. The molecule has 0 radical (unpaired) electrons. The molecule has 9 nitrogen and oxygen atoms in total. The highest BCUT2D eigenvalue weighted by Gasteiger charge is 2.24. The maximum Gasteiger partial charge on any atom is 0.341 e. The molecule has 1 amide bonds. The lowest BCUT2D eigenvalue weighted by atomic mass is 10.2. The van der Waals surface area contributed by atoms with Crippen LogP contribution in [-0.2, 0) is 24.3 Å². The molecule has 1 aromatic heterocycles. The Labute approximate surface area is 218 Å². The molecule has 0 saturated carbocycles. The highest BCUT2D eigenvalue weighted by Crippen LogP contribution is 2.28. The lowest BCUT2D eigenvalue weighted by Gasteiger charge is -2.28. The second-order valence-corrected chi connectivity index (χ2v) is 11.5. The summed E-state index contributed by atoms with van der Waals surface area (Å²) in [6, 6.07) is 16.2. The van der Waals surface area contributed by atoms with E-state index in [4.69, 9.17) is 21.1 Å². The molecule has 1 saturated heterocycles. The molecule has 0 spiro atoms. The summed E-state index contributed by atoms with van der Waals surface area (Å²) < 4.78 is 38.7. The van der Waals surface area contributed by atoms with Gasteiger partial charge in [0.1, 0.15) is 4.21 Å². The van der Waals surface area contributed by atoms with Crippen molar-refractivity contribution in [2.24, 2.45) is 0 Å². The molecule has 0 unspecified atom stereocenters. The van der Waals surface area contributed by atoms with Gasteiger partial charge in [0.2, 0.25) is 0 Å². The van der Waals surface area contributed by atoms with Crippen LogP contribution < -0.4 is 14.9 Å². The number of ether oxygens (including phenoxy) is 2. The number of carbonyl (C=O) groups is 2. The average molecular weight is 550 g/mol. The first-order valence-corrected chi connectivity index (χ1v) is 13.7. The molecule has 1 fully saturated rings.